The zero-order valence-corrected chi connectivity index (χ0v) is 12.4. The van der Waals surface area contributed by atoms with Gasteiger partial charge >= 0.3 is 5.97 Å². The lowest BCUT2D eigenvalue weighted by molar-refractivity contribution is -0.138. The van der Waals surface area contributed by atoms with E-state index >= 15 is 0 Å². The molecule has 2 N–H and O–H groups in total. The standard InChI is InChI=1S/C13H11BrFNO2S/c1-7-4-8(15)6-9(5-7)16-12(13(17)18)10-2-3-11(14)19-10/h2-6,12,16H,1H3,(H,17,18). The number of nitrogens with one attached hydrogen (secondary N) is 1. The molecule has 0 aliphatic heterocycles. The number of aliphatic carboxylic acids is 1. The molecule has 1 aromatic heterocycles. The number of benzene rings is 1. The molecule has 2 rings (SSSR count). The van der Waals surface area contributed by atoms with Gasteiger partial charge in [0.15, 0.2) is 6.04 Å². The first-order valence-electron chi connectivity index (χ1n) is 5.47. The molecule has 0 amide bonds. The first kappa shape index (κ1) is 14.0. The van der Waals surface area contributed by atoms with Gasteiger partial charge in [-0.2, -0.15) is 0 Å². The summed E-state index contributed by atoms with van der Waals surface area (Å²) < 4.78 is 14.1. The molecule has 1 unspecified atom stereocenters. The lowest BCUT2D eigenvalue weighted by Gasteiger charge is -2.14. The van der Waals surface area contributed by atoms with Crippen molar-refractivity contribution in [3.8, 4) is 0 Å². The van der Waals surface area contributed by atoms with Crippen LogP contribution in [0.1, 0.15) is 16.5 Å². The largest absolute Gasteiger partial charge is 0.479 e. The van der Waals surface area contributed by atoms with E-state index in [1.807, 2.05) is 0 Å². The normalized spacial score (nSPS) is 12.2. The van der Waals surface area contributed by atoms with Gasteiger partial charge in [0.1, 0.15) is 5.82 Å². The van der Waals surface area contributed by atoms with E-state index in [0.717, 1.165) is 9.35 Å². The number of carbonyl (C=O) groups is 1. The molecule has 0 aliphatic rings. The van der Waals surface area contributed by atoms with Crippen LogP contribution in [-0.4, -0.2) is 11.1 Å². The molecular formula is C13H11BrFNO2S. The Bertz CT molecular complexity index is 594. The second-order valence-corrected chi connectivity index (χ2v) is 6.57. The van der Waals surface area contributed by atoms with E-state index in [2.05, 4.69) is 21.2 Å². The maximum absolute atomic E-state index is 13.3. The molecule has 0 radical (unpaired) electrons. The highest BCUT2D eigenvalue weighted by Crippen LogP contribution is 2.30. The average molecular weight is 344 g/mol. The molecule has 19 heavy (non-hydrogen) atoms. The molecule has 100 valence electrons. The van der Waals surface area contributed by atoms with E-state index in [4.69, 9.17) is 0 Å². The second kappa shape index (κ2) is 5.71. The number of hydrogen-bond acceptors (Lipinski definition) is 3. The van der Waals surface area contributed by atoms with Crippen molar-refractivity contribution in [3.63, 3.8) is 0 Å². The van der Waals surface area contributed by atoms with Crippen molar-refractivity contribution in [3.05, 3.63) is 50.4 Å². The Labute approximate surface area is 122 Å². The number of halogens is 2. The van der Waals surface area contributed by atoms with Gasteiger partial charge in [-0.3, -0.25) is 0 Å². The summed E-state index contributed by atoms with van der Waals surface area (Å²) in [4.78, 5) is 12.0. The van der Waals surface area contributed by atoms with Crippen molar-refractivity contribution >= 4 is 38.9 Å². The average Bonchev–Trinajstić information content (AvgIpc) is 2.70. The third-order valence-electron chi connectivity index (χ3n) is 2.48. The number of anilines is 1. The molecule has 0 saturated carbocycles. The van der Waals surface area contributed by atoms with E-state index in [1.54, 1.807) is 25.1 Å². The second-order valence-electron chi connectivity index (χ2n) is 4.07. The summed E-state index contributed by atoms with van der Waals surface area (Å²) in [6, 6.07) is 7.01. The van der Waals surface area contributed by atoms with Gasteiger partial charge < -0.3 is 10.4 Å². The smallest absolute Gasteiger partial charge is 0.331 e. The molecule has 2 aromatic rings. The van der Waals surface area contributed by atoms with E-state index in [0.29, 0.717) is 10.6 Å². The Kier molecular flexibility index (Phi) is 4.21. The van der Waals surface area contributed by atoms with Gasteiger partial charge in [-0.25, -0.2) is 9.18 Å². The summed E-state index contributed by atoms with van der Waals surface area (Å²) >= 11 is 4.63. The van der Waals surface area contributed by atoms with Crippen LogP contribution in [0.15, 0.2) is 34.1 Å². The minimum atomic E-state index is -1.00. The van der Waals surface area contributed by atoms with Gasteiger partial charge in [-0.05, 0) is 58.7 Å². The fraction of sp³-hybridized carbons (Fsp3) is 0.154. The third kappa shape index (κ3) is 3.54. The zero-order valence-electron chi connectivity index (χ0n) is 9.98. The number of carboxylic acid groups (broad SMARTS) is 1. The molecule has 6 heteroatoms. The van der Waals surface area contributed by atoms with E-state index in [-0.39, 0.29) is 5.82 Å². The fourth-order valence-electron chi connectivity index (χ4n) is 1.72. The predicted molar refractivity (Wildman–Crippen MR) is 77.2 cm³/mol. The van der Waals surface area contributed by atoms with Crippen molar-refractivity contribution < 1.29 is 14.3 Å². The summed E-state index contributed by atoms with van der Waals surface area (Å²) in [6.45, 7) is 1.76. The van der Waals surface area contributed by atoms with E-state index in [9.17, 15) is 14.3 Å². The first-order chi connectivity index (χ1) is 8.95. The highest BCUT2D eigenvalue weighted by atomic mass is 79.9. The Morgan fingerprint density at radius 3 is 2.68 bits per heavy atom. The van der Waals surface area contributed by atoms with Gasteiger partial charge in [0.25, 0.3) is 0 Å². The number of hydrogen-bond donors (Lipinski definition) is 2. The van der Waals surface area contributed by atoms with E-state index in [1.165, 1.54) is 23.5 Å². The molecule has 0 fully saturated rings. The first-order valence-corrected chi connectivity index (χ1v) is 7.08. The van der Waals surface area contributed by atoms with Crippen LogP contribution in [0.3, 0.4) is 0 Å². The highest BCUT2D eigenvalue weighted by molar-refractivity contribution is 9.11. The molecule has 3 nitrogen and oxygen atoms in total. The SMILES string of the molecule is Cc1cc(F)cc(NC(C(=O)O)c2ccc(Br)s2)c1. The van der Waals surface area contributed by atoms with Crippen LogP contribution in [0, 0.1) is 12.7 Å². The maximum atomic E-state index is 13.3. The number of carboxylic acids is 1. The van der Waals surface area contributed by atoms with Crippen LogP contribution in [-0.2, 0) is 4.79 Å². The molecule has 0 bridgehead atoms. The van der Waals surface area contributed by atoms with Crippen LogP contribution in [0.4, 0.5) is 10.1 Å². The highest BCUT2D eigenvalue weighted by Gasteiger charge is 2.21. The maximum Gasteiger partial charge on any atom is 0.331 e. The van der Waals surface area contributed by atoms with Gasteiger partial charge in [-0.15, -0.1) is 11.3 Å². The van der Waals surface area contributed by atoms with Gasteiger partial charge in [0, 0.05) is 10.6 Å². The molecule has 1 aromatic carbocycles. The van der Waals surface area contributed by atoms with Crippen LogP contribution in [0.5, 0.6) is 0 Å². The topological polar surface area (TPSA) is 49.3 Å². The summed E-state index contributed by atoms with van der Waals surface area (Å²) in [6.07, 6.45) is 0. The van der Waals surface area contributed by atoms with Crippen LogP contribution >= 0.6 is 27.3 Å². The minimum absolute atomic E-state index is 0.390. The zero-order chi connectivity index (χ0) is 14.0. The lowest BCUT2D eigenvalue weighted by Crippen LogP contribution is -2.19. The van der Waals surface area contributed by atoms with E-state index < -0.39 is 12.0 Å². The molecular weight excluding hydrogens is 333 g/mol. The Morgan fingerprint density at radius 2 is 2.16 bits per heavy atom. The summed E-state index contributed by atoms with van der Waals surface area (Å²) in [5, 5.41) is 12.1. The minimum Gasteiger partial charge on any atom is -0.479 e. The van der Waals surface area contributed by atoms with Crippen molar-refractivity contribution in [2.45, 2.75) is 13.0 Å². The monoisotopic (exact) mass is 343 g/mol. The van der Waals surface area contributed by atoms with Gasteiger partial charge in [0.2, 0.25) is 0 Å². The van der Waals surface area contributed by atoms with Crippen molar-refractivity contribution in [2.75, 3.05) is 5.32 Å². The van der Waals surface area contributed by atoms with Gasteiger partial charge in [-0.1, -0.05) is 0 Å². The van der Waals surface area contributed by atoms with Crippen molar-refractivity contribution in [1.82, 2.24) is 0 Å². The molecule has 0 aliphatic carbocycles. The Balaban J connectivity index is 2.29. The van der Waals surface area contributed by atoms with Crippen molar-refractivity contribution in [1.29, 1.82) is 0 Å². The van der Waals surface area contributed by atoms with Crippen LogP contribution in [0.25, 0.3) is 0 Å². The quantitative estimate of drug-likeness (QED) is 0.874. The Morgan fingerprint density at radius 1 is 1.42 bits per heavy atom. The number of rotatable bonds is 4. The Hall–Kier alpha value is -1.40. The molecule has 0 saturated heterocycles. The molecule has 1 atom stereocenters. The van der Waals surface area contributed by atoms with Crippen LogP contribution in [0.2, 0.25) is 0 Å². The van der Waals surface area contributed by atoms with Gasteiger partial charge in [0.05, 0.1) is 3.79 Å². The summed E-state index contributed by atoms with van der Waals surface area (Å²) in [5.41, 5.74) is 1.19. The number of thiophene rings is 1. The van der Waals surface area contributed by atoms with Crippen molar-refractivity contribution in [2.24, 2.45) is 0 Å². The predicted octanol–water partition coefficient (Wildman–Crippen LogP) is 4.20. The molecule has 1 heterocycles. The lowest BCUT2D eigenvalue weighted by atomic mass is 10.2. The number of aryl methyl sites for hydroxylation is 1. The fourth-order valence-corrected chi connectivity index (χ4v) is 3.19. The summed E-state index contributed by atoms with van der Waals surface area (Å²) in [5.74, 6) is -1.39. The third-order valence-corrected chi connectivity index (χ3v) is 4.17. The molecule has 0 spiro atoms. The van der Waals surface area contributed by atoms with Crippen LogP contribution < -0.4 is 5.32 Å². The summed E-state index contributed by atoms with van der Waals surface area (Å²) in [7, 11) is 0.